The summed E-state index contributed by atoms with van der Waals surface area (Å²) >= 11 is 0. The fourth-order valence-corrected chi connectivity index (χ4v) is 1.96. The molecule has 112 valence electrons. The highest BCUT2D eigenvalue weighted by Crippen LogP contribution is 2.32. The first-order chi connectivity index (χ1) is 10.3. The van der Waals surface area contributed by atoms with Crippen LogP contribution in [-0.4, -0.2) is 20.7 Å². The summed E-state index contributed by atoms with van der Waals surface area (Å²) in [4.78, 5) is 32.4. The van der Waals surface area contributed by atoms with Crippen LogP contribution >= 0.6 is 0 Å². The van der Waals surface area contributed by atoms with Crippen LogP contribution in [0.15, 0.2) is 36.4 Å². The number of nitrogens with zero attached hydrogens (tertiary/aromatic N) is 2. The Kier molecular flexibility index (Phi) is 3.85. The Morgan fingerprint density at radius 3 is 2.14 bits per heavy atom. The third-order valence-corrected chi connectivity index (χ3v) is 3.02. The zero-order chi connectivity index (χ0) is 16.4. The number of nitro benzene ring substituents is 2. The molecule has 0 amide bonds. The van der Waals surface area contributed by atoms with Crippen molar-refractivity contribution in [2.45, 2.75) is 6.92 Å². The van der Waals surface area contributed by atoms with E-state index in [1.165, 1.54) is 18.2 Å². The van der Waals surface area contributed by atoms with E-state index in [9.17, 15) is 30.1 Å². The summed E-state index contributed by atoms with van der Waals surface area (Å²) in [5.41, 5.74) is -0.447. The SMILES string of the molecule is Cc1cc(C(=O)c2ccc([N+](=O)[O-])cc2)c(O)c([N+](=O)[O-])c1. The van der Waals surface area contributed by atoms with Crippen LogP contribution in [0.1, 0.15) is 21.5 Å². The standard InChI is InChI=1S/C14H10N2O6/c1-8-6-11(14(18)12(7-8)16(21)22)13(17)9-2-4-10(5-3-9)15(19)20/h2-7,18H,1H3. The normalized spacial score (nSPS) is 10.2. The van der Waals surface area contributed by atoms with Gasteiger partial charge in [0.15, 0.2) is 5.78 Å². The maximum absolute atomic E-state index is 12.3. The largest absolute Gasteiger partial charge is 0.502 e. The number of nitro groups is 2. The van der Waals surface area contributed by atoms with E-state index in [4.69, 9.17) is 0 Å². The number of phenols is 1. The lowest BCUT2D eigenvalue weighted by molar-refractivity contribution is -0.386. The van der Waals surface area contributed by atoms with Crippen molar-refractivity contribution in [3.05, 3.63) is 73.3 Å². The summed E-state index contributed by atoms with van der Waals surface area (Å²) < 4.78 is 0. The second kappa shape index (κ2) is 5.60. The summed E-state index contributed by atoms with van der Waals surface area (Å²) in [7, 11) is 0. The fraction of sp³-hybridized carbons (Fsp3) is 0.0714. The van der Waals surface area contributed by atoms with Crippen molar-refractivity contribution < 1.29 is 19.7 Å². The molecule has 2 aromatic carbocycles. The number of ketones is 1. The van der Waals surface area contributed by atoms with Crippen LogP contribution in [0.25, 0.3) is 0 Å². The Balaban J connectivity index is 2.49. The summed E-state index contributed by atoms with van der Waals surface area (Å²) in [6.07, 6.45) is 0. The number of hydrogen-bond acceptors (Lipinski definition) is 6. The summed E-state index contributed by atoms with van der Waals surface area (Å²) in [6, 6.07) is 7.24. The average Bonchev–Trinajstić information content (AvgIpc) is 2.48. The molecular weight excluding hydrogens is 292 g/mol. The fourth-order valence-electron chi connectivity index (χ4n) is 1.96. The van der Waals surface area contributed by atoms with Crippen LogP contribution in [0, 0.1) is 27.2 Å². The lowest BCUT2D eigenvalue weighted by atomic mass is 9.99. The highest BCUT2D eigenvalue weighted by atomic mass is 16.6. The number of hydrogen-bond donors (Lipinski definition) is 1. The van der Waals surface area contributed by atoms with Gasteiger partial charge < -0.3 is 5.11 Å². The number of phenolic OH excluding ortho intramolecular Hbond substituents is 1. The van der Waals surface area contributed by atoms with Crippen molar-refractivity contribution in [3.8, 4) is 5.75 Å². The molecule has 2 rings (SSSR count). The molecule has 8 heteroatoms. The van der Waals surface area contributed by atoms with Crippen molar-refractivity contribution in [1.82, 2.24) is 0 Å². The van der Waals surface area contributed by atoms with Gasteiger partial charge in [0.2, 0.25) is 5.75 Å². The van der Waals surface area contributed by atoms with Gasteiger partial charge in [-0.05, 0) is 30.7 Å². The Morgan fingerprint density at radius 1 is 1.05 bits per heavy atom. The summed E-state index contributed by atoms with van der Waals surface area (Å²) in [5.74, 6) is -1.38. The molecule has 0 atom stereocenters. The quantitative estimate of drug-likeness (QED) is 0.526. The third kappa shape index (κ3) is 2.75. The predicted octanol–water partition coefficient (Wildman–Crippen LogP) is 2.75. The molecule has 0 bridgehead atoms. The van der Waals surface area contributed by atoms with E-state index in [1.54, 1.807) is 6.92 Å². The minimum absolute atomic E-state index is 0.0841. The Morgan fingerprint density at radius 2 is 1.64 bits per heavy atom. The smallest absolute Gasteiger partial charge is 0.311 e. The molecule has 1 N–H and O–H groups in total. The molecule has 0 aliphatic rings. The van der Waals surface area contributed by atoms with Gasteiger partial charge in [-0.1, -0.05) is 0 Å². The lowest BCUT2D eigenvalue weighted by Gasteiger charge is -2.06. The van der Waals surface area contributed by atoms with E-state index < -0.39 is 27.1 Å². The van der Waals surface area contributed by atoms with Gasteiger partial charge in [-0.15, -0.1) is 0 Å². The maximum atomic E-state index is 12.3. The van der Waals surface area contributed by atoms with Crippen molar-refractivity contribution >= 4 is 17.2 Å². The topological polar surface area (TPSA) is 124 Å². The van der Waals surface area contributed by atoms with Crippen molar-refractivity contribution in [1.29, 1.82) is 0 Å². The van der Waals surface area contributed by atoms with Gasteiger partial charge in [-0.25, -0.2) is 0 Å². The van der Waals surface area contributed by atoms with E-state index in [1.807, 2.05) is 0 Å². The number of carbonyl (C=O) groups excluding carboxylic acids is 1. The monoisotopic (exact) mass is 302 g/mol. The van der Waals surface area contributed by atoms with Crippen LogP contribution < -0.4 is 0 Å². The minimum atomic E-state index is -0.783. The molecule has 0 aromatic heterocycles. The van der Waals surface area contributed by atoms with Crippen LogP contribution in [0.4, 0.5) is 11.4 Å². The van der Waals surface area contributed by atoms with Crippen molar-refractivity contribution in [3.63, 3.8) is 0 Å². The molecule has 0 spiro atoms. The molecule has 8 nitrogen and oxygen atoms in total. The highest BCUT2D eigenvalue weighted by Gasteiger charge is 2.23. The Labute approximate surface area is 123 Å². The van der Waals surface area contributed by atoms with Gasteiger partial charge >= 0.3 is 5.69 Å². The average molecular weight is 302 g/mol. The van der Waals surface area contributed by atoms with Gasteiger partial charge in [0.1, 0.15) is 0 Å². The molecule has 0 saturated heterocycles. The molecule has 0 radical (unpaired) electrons. The molecule has 22 heavy (non-hydrogen) atoms. The maximum Gasteiger partial charge on any atom is 0.311 e. The van der Waals surface area contributed by atoms with Crippen molar-refractivity contribution in [2.75, 3.05) is 0 Å². The van der Waals surface area contributed by atoms with E-state index >= 15 is 0 Å². The molecule has 0 fully saturated rings. The number of carbonyl (C=O) groups is 1. The molecule has 0 aliphatic carbocycles. The van der Waals surface area contributed by atoms with Crippen LogP contribution in [0.3, 0.4) is 0 Å². The number of aryl methyl sites for hydroxylation is 1. The Hall–Kier alpha value is -3.29. The van der Waals surface area contributed by atoms with E-state index in [0.717, 1.165) is 18.2 Å². The van der Waals surface area contributed by atoms with Gasteiger partial charge in [0.25, 0.3) is 5.69 Å². The van der Waals surface area contributed by atoms with Gasteiger partial charge in [-0.2, -0.15) is 0 Å². The first kappa shape index (κ1) is 15.1. The van der Waals surface area contributed by atoms with E-state index in [-0.39, 0.29) is 16.8 Å². The molecule has 0 saturated carbocycles. The second-order valence-corrected chi connectivity index (χ2v) is 4.57. The molecular formula is C14H10N2O6. The van der Waals surface area contributed by atoms with Crippen molar-refractivity contribution in [2.24, 2.45) is 0 Å². The number of non-ortho nitro benzene ring substituents is 1. The summed E-state index contributed by atoms with van der Waals surface area (Å²) in [6.45, 7) is 1.55. The second-order valence-electron chi connectivity index (χ2n) is 4.57. The zero-order valence-electron chi connectivity index (χ0n) is 11.3. The number of aromatic hydroxyl groups is 1. The molecule has 2 aromatic rings. The molecule has 0 heterocycles. The van der Waals surface area contributed by atoms with Gasteiger partial charge in [-0.3, -0.25) is 25.0 Å². The van der Waals surface area contributed by atoms with Crippen LogP contribution in [-0.2, 0) is 0 Å². The number of benzene rings is 2. The number of rotatable bonds is 4. The first-order valence-corrected chi connectivity index (χ1v) is 6.08. The Bertz CT molecular complexity index is 783. The summed E-state index contributed by atoms with van der Waals surface area (Å²) in [5, 5.41) is 31.3. The van der Waals surface area contributed by atoms with E-state index in [0.29, 0.717) is 5.56 Å². The van der Waals surface area contributed by atoms with Gasteiger partial charge in [0, 0.05) is 23.8 Å². The lowest BCUT2D eigenvalue weighted by Crippen LogP contribution is -2.04. The first-order valence-electron chi connectivity index (χ1n) is 6.08. The van der Waals surface area contributed by atoms with Crippen LogP contribution in [0.2, 0.25) is 0 Å². The third-order valence-electron chi connectivity index (χ3n) is 3.02. The van der Waals surface area contributed by atoms with E-state index in [2.05, 4.69) is 0 Å². The van der Waals surface area contributed by atoms with Gasteiger partial charge in [0.05, 0.1) is 15.4 Å². The molecule has 0 unspecified atom stereocenters. The highest BCUT2D eigenvalue weighted by molar-refractivity contribution is 6.11. The predicted molar refractivity (Wildman–Crippen MR) is 76.0 cm³/mol. The minimum Gasteiger partial charge on any atom is -0.502 e. The van der Waals surface area contributed by atoms with Crippen LogP contribution in [0.5, 0.6) is 5.75 Å². The molecule has 0 aliphatic heterocycles. The zero-order valence-corrected chi connectivity index (χ0v) is 11.3.